The van der Waals surface area contributed by atoms with Gasteiger partial charge in [0.2, 0.25) is 0 Å². The molecule has 1 aromatic carbocycles. The molecule has 2 rings (SSSR count). The van der Waals surface area contributed by atoms with Gasteiger partial charge in [-0.1, -0.05) is 41.2 Å². The molecular formula is C13H16Cl3NO. The van der Waals surface area contributed by atoms with E-state index in [0.717, 1.165) is 13.0 Å². The molecule has 0 bridgehead atoms. The fourth-order valence-corrected chi connectivity index (χ4v) is 2.69. The molecule has 18 heavy (non-hydrogen) atoms. The molecule has 0 amide bonds. The molecule has 1 saturated heterocycles. The van der Waals surface area contributed by atoms with Crippen LogP contribution in [0.2, 0.25) is 15.1 Å². The summed E-state index contributed by atoms with van der Waals surface area (Å²) in [5.41, 5.74) is 0. The molecular weight excluding hydrogens is 293 g/mol. The van der Waals surface area contributed by atoms with Crippen LogP contribution in [-0.4, -0.2) is 19.2 Å². The van der Waals surface area contributed by atoms with Gasteiger partial charge in [0.15, 0.2) is 0 Å². The fraction of sp³-hybridized carbons (Fsp3) is 0.538. The zero-order valence-corrected chi connectivity index (χ0v) is 12.3. The molecule has 0 radical (unpaired) electrons. The average molecular weight is 309 g/mol. The summed E-state index contributed by atoms with van der Waals surface area (Å²) in [5, 5.41) is 4.89. The highest BCUT2D eigenvalue weighted by atomic mass is 35.5. The second-order valence-electron chi connectivity index (χ2n) is 4.48. The quantitative estimate of drug-likeness (QED) is 0.823. The third-order valence-corrected chi connectivity index (χ3v) is 4.13. The number of piperidine rings is 1. The maximum absolute atomic E-state index is 6.04. The van der Waals surface area contributed by atoms with Gasteiger partial charge in [0.25, 0.3) is 0 Å². The van der Waals surface area contributed by atoms with Gasteiger partial charge in [-0.3, -0.25) is 0 Å². The molecule has 100 valence electrons. The van der Waals surface area contributed by atoms with Crippen molar-refractivity contribution in [3.63, 3.8) is 0 Å². The smallest absolute Gasteiger partial charge is 0.139 e. The van der Waals surface area contributed by atoms with E-state index in [1.165, 1.54) is 19.3 Å². The van der Waals surface area contributed by atoms with E-state index in [2.05, 4.69) is 5.32 Å². The topological polar surface area (TPSA) is 21.3 Å². The average Bonchev–Trinajstić information content (AvgIpc) is 2.37. The van der Waals surface area contributed by atoms with E-state index in [1.807, 2.05) is 0 Å². The van der Waals surface area contributed by atoms with Crippen LogP contribution in [0.25, 0.3) is 0 Å². The van der Waals surface area contributed by atoms with Crippen LogP contribution >= 0.6 is 34.8 Å². The molecule has 1 N–H and O–H groups in total. The molecule has 2 nitrogen and oxygen atoms in total. The van der Waals surface area contributed by atoms with E-state index in [0.29, 0.717) is 33.5 Å². The van der Waals surface area contributed by atoms with Crippen molar-refractivity contribution in [2.24, 2.45) is 0 Å². The highest BCUT2D eigenvalue weighted by Crippen LogP contribution is 2.33. The number of rotatable bonds is 4. The van der Waals surface area contributed by atoms with Gasteiger partial charge in [-0.2, -0.15) is 0 Å². The first kappa shape index (κ1) is 14.3. The Labute approximate surface area is 123 Å². The molecule has 1 atom stereocenters. The number of hydrogen-bond donors (Lipinski definition) is 1. The molecule has 1 heterocycles. The molecule has 0 saturated carbocycles. The third kappa shape index (κ3) is 3.92. The normalized spacial score (nSPS) is 19.8. The zero-order valence-electron chi connectivity index (χ0n) is 10.0. The summed E-state index contributed by atoms with van der Waals surface area (Å²) < 4.78 is 5.66. The molecule has 0 aliphatic carbocycles. The Morgan fingerprint density at radius 1 is 1.11 bits per heavy atom. The van der Waals surface area contributed by atoms with E-state index < -0.39 is 0 Å². The van der Waals surface area contributed by atoms with Crippen LogP contribution < -0.4 is 10.1 Å². The van der Waals surface area contributed by atoms with E-state index >= 15 is 0 Å². The largest absolute Gasteiger partial charge is 0.492 e. The summed E-state index contributed by atoms with van der Waals surface area (Å²) in [4.78, 5) is 0. The maximum Gasteiger partial charge on any atom is 0.139 e. The van der Waals surface area contributed by atoms with Crippen LogP contribution in [0.15, 0.2) is 12.1 Å². The number of halogens is 3. The molecule has 1 aromatic rings. The molecule has 0 spiro atoms. The Kier molecular flexibility index (Phi) is 5.43. The Morgan fingerprint density at radius 3 is 2.61 bits per heavy atom. The van der Waals surface area contributed by atoms with Crippen molar-refractivity contribution >= 4 is 34.8 Å². The summed E-state index contributed by atoms with van der Waals surface area (Å²) >= 11 is 17.8. The van der Waals surface area contributed by atoms with E-state index in [-0.39, 0.29) is 0 Å². The first-order chi connectivity index (χ1) is 8.66. The lowest BCUT2D eigenvalue weighted by Gasteiger charge is -2.23. The molecule has 0 aromatic heterocycles. The van der Waals surface area contributed by atoms with Gasteiger partial charge in [0.1, 0.15) is 5.75 Å². The van der Waals surface area contributed by atoms with Crippen molar-refractivity contribution in [1.29, 1.82) is 0 Å². The first-order valence-electron chi connectivity index (χ1n) is 6.17. The van der Waals surface area contributed by atoms with Gasteiger partial charge < -0.3 is 10.1 Å². The van der Waals surface area contributed by atoms with Crippen molar-refractivity contribution in [3.05, 3.63) is 27.2 Å². The molecule has 1 fully saturated rings. The van der Waals surface area contributed by atoms with Gasteiger partial charge in [-0.05, 0) is 31.9 Å². The van der Waals surface area contributed by atoms with Crippen LogP contribution in [0, 0.1) is 0 Å². The summed E-state index contributed by atoms with van der Waals surface area (Å²) in [6.07, 6.45) is 4.77. The van der Waals surface area contributed by atoms with E-state index in [1.54, 1.807) is 12.1 Å². The van der Waals surface area contributed by atoms with Gasteiger partial charge in [0.05, 0.1) is 21.7 Å². The zero-order chi connectivity index (χ0) is 13.0. The minimum absolute atomic E-state index is 0.447. The Hall–Kier alpha value is -0.150. The third-order valence-electron chi connectivity index (χ3n) is 3.11. The van der Waals surface area contributed by atoms with Gasteiger partial charge >= 0.3 is 0 Å². The van der Waals surface area contributed by atoms with Crippen molar-refractivity contribution < 1.29 is 4.74 Å². The second kappa shape index (κ2) is 6.85. The van der Waals surface area contributed by atoms with E-state index in [9.17, 15) is 0 Å². The lowest BCUT2D eigenvalue weighted by atomic mass is 10.0. The Balaban J connectivity index is 1.84. The first-order valence-corrected chi connectivity index (χ1v) is 7.31. The lowest BCUT2D eigenvalue weighted by Crippen LogP contribution is -2.35. The SMILES string of the molecule is Clc1cc(Cl)c(OCC[C@@H]2CCCCN2)cc1Cl. The number of benzene rings is 1. The van der Waals surface area contributed by atoms with Gasteiger partial charge in [-0.15, -0.1) is 0 Å². The summed E-state index contributed by atoms with van der Waals surface area (Å²) in [6.45, 7) is 1.74. The van der Waals surface area contributed by atoms with Crippen molar-refractivity contribution in [2.45, 2.75) is 31.7 Å². The van der Waals surface area contributed by atoms with Crippen LogP contribution in [0.5, 0.6) is 5.75 Å². The highest BCUT2D eigenvalue weighted by molar-refractivity contribution is 6.43. The lowest BCUT2D eigenvalue weighted by molar-refractivity contribution is 0.268. The predicted octanol–water partition coefficient (Wildman–Crippen LogP) is 4.56. The van der Waals surface area contributed by atoms with Gasteiger partial charge in [0, 0.05) is 12.1 Å². The van der Waals surface area contributed by atoms with Crippen LogP contribution in [0.3, 0.4) is 0 Å². The summed E-state index contributed by atoms with van der Waals surface area (Å²) in [5.74, 6) is 0.599. The van der Waals surface area contributed by atoms with E-state index in [4.69, 9.17) is 39.5 Å². The molecule has 5 heteroatoms. The summed E-state index contributed by atoms with van der Waals surface area (Å²) in [6, 6.07) is 3.83. The number of hydrogen-bond acceptors (Lipinski definition) is 2. The van der Waals surface area contributed by atoms with Crippen molar-refractivity contribution in [2.75, 3.05) is 13.2 Å². The van der Waals surface area contributed by atoms with Crippen molar-refractivity contribution in [3.8, 4) is 5.75 Å². The monoisotopic (exact) mass is 307 g/mol. The molecule has 1 aliphatic rings. The predicted molar refractivity (Wildman–Crippen MR) is 77.2 cm³/mol. The Morgan fingerprint density at radius 2 is 1.89 bits per heavy atom. The number of ether oxygens (including phenoxy) is 1. The number of nitrogens with one attached hydrogen (secondary N) is 1. The molecule has 0 unspecified atom stereocenters. The highest BCUT2D eigenvalue weighted by Gasteiger charge is 2.13. The van der Waals surface area contributed by atoms with Crippen LogP contribution in [-0.2, 0) is 0 Å². The maximum atomic E-state index is 6.04. The fourth-order valence-electron chi connectivity index (χ4n) is 2.10. The molecule has 1 aliphatic heterocycles. The van der Waals surface area contributed by atoms with Crippen LogP contribution in [0.4, 0.5) is 0 Å². The minimum atomic E-state index is 0.447. The van der Waals surface area contributed by atoms with Crippen LogP contribution in [0.1, 0.15) is 25.7 Å². The summed E-state index contributed by atoms with van der Waals surface area (Å²) in [7, 11) is 0. The second-order valence-corrected chi connectivity index (χ2v) is 5.70. The standard InChI is InChI=1S/C13H16Cl3NO/c14-10-7-12(16)13(8-11(10)15)18-6-4-9-3-1-2-5-17-9/h7-9,17H,1-6H2/t9-/m0/s1. The van der Waals surface area contributed by atoms with Crippen molar-refractivity contribution in [1.82, 2.24) is 5.32 Å². The Bertz CT molecular complexity index is 405. The van der Waals surface area contributed by atoms with Gasteiger partial charge in [-0.25, -0.2) is 0 Å². The minimum Gasteiger partial charge on any atom is -0.492 e.